The lowest BCUT2D eigenvalue weighted by molar-refractivity contribution is 0.415. The molecule has 0 saturated heterocycles. The number of rotatable bonds is 2. The van der Waals surface area contributed by atoms with E-state index < -0.39 is 11.4 Å². The number of methoxy groups -OCH3 is 1. The second kappa shape index (κ2) is 5.33. The Balaban J connectivity index is 2.28. The van der Waals surface area contributed by atoms with Gasteiger partial charge in [-0.15, -0.1) is 0 Å². The molecular weight excluding hydrogens is 337 g/mol. The summed E-state index contributed by atoms with van der Waals surface area (Å²) in [6.07, 6.45) is 0. The van der Waals surface area contributed by atoms with Crippen molar-refractivity contribution in [3.8, 4) is 16.9 Å². The SMILES string of the molecule is COc1ccc(-c2c(F)c3cc(Br)ccc3[nH]c2=O)cc1. The van der Waals surface area contributed by atoms with Gasteiger partial charge in [-0.1, -0.05) is 28.1 Å². The average Bonchev–Trinajstić information content (AvgIpc) is 2.49. The highest BCUT2D eigenvalue weighted by atomic mass is 79.9. The standard InChI is InChI=1S/C16H11BrFNO2/c1-21-11-5-2-9(3-6-11)14-15(18)12-8-10(17)4-7-13(12)19-16(14)20/h2-8H,1H3,(H,19,20). The van der Waals surface area contributed by atoms with E-state index in [-0.39, 0.29) is 5.56 Å². The quantitative estimate of drug-likeness (QED) is 0.758. The highest BCUT2D eigenvalue weighted by Gasteiger charge is 2.14. The second-order valence-electron chi connectivity index (χ2n) is 4.56. The normalized spacial score (nSPS) is 10.8. The first-order valence-electron chi connectivity index (χ1n) is 6.25. The number of ether oxygens (including phenoxy) is 1. The van der Waals surface area contributed by atoms with Gasteiger partial charge in [-0.3, -0.25) is 4.79 Å². The minimum absolute atomic E-state index is 0.0308. The van der Waals surface area contributed by atoms with Crippen LogP contribution in [0.1, 0.15) is 0 Å². The summed E-state index contributed by atoms with van der Waals surface area (Å²) in [7, 11) is 1.55. The van der Waals surface area contributed by atoms with Crippen molar-refractivity contribution >= 4 is 26.8 Å². The molecule has 21 heavy (non-hydrogen) atoms. The molecule has 0 aliphatic heterocycles. The zero-order valence-electron chi connectivity index (χ0n) is 11.1. The van der Waals surface area contributed by atoms with Crippen molar-refractivity contribution in [2.75, 3.05) is 7.11 Å². The molecule has 0 spiro atoms. The predicted octanol–water partition coefficient (Wildman–Crippen LogP) is 4.11. The molecule has 3 nitrogen and oxygen atoms in total. The molecule has 3 aromatic rings. The summed E-state index contributed by atoms with van der Waals surface area (Å²) in [5.74, 6) is 0.124. The number of hydrogen-bond acceptors (Lipinski definition) is 2. The van der Waals surface area contributed by atoms with E-state index in [0.29, 0.717) is 22.2 Å². The van der Waals surface area contributed by atoms with Gasteiger partial charge in [0.2, 0.25) is 0 Å². The van der Waals surface area contributed by atoms with Gasteiger partial charge in [-0.05, 0) is 35.9 Å². The molecule has 0 bridgehead atoms. The van der Waals surface area contributed by atoms with E-state index in [1.165, 1.54) is 0 Å². The van der Waals surface area contributed by atoms with Gasteiger partial charge in [0.15, 0.2) is 0 Å². The minimum atomic E-state index is -0.528. The maximum atomic E-state index is 14.7. The third kappa shape index (κ3) is 2.45. The number of hydrogen-bond donors (Lipinski definition) is 1. The number of pyridine rings is 1. The Bertz CT molecular complexity index is 872. The Morgan fingerprint density at radius 2 is 1.86 bits per heavy atom. The van der Waals surface area contributed by atoms with Crippen molar-refractivity contribution in [2.24, 2.45) is 0 Å². The lowest BCUT2D eigenvalue weighted by Gasteiger charge is -2.07. The van der Waals surface area contributed by atoms with Crippen molar-refractivity contribution in [3.05, 3.63) is 63.1 Å². The van der Waals surface area contributed by atoms with Crippen molar-refractivity contribution in [2.45, 2.75) is 0 Å². The molecular formula is C16H11BrFNO2. The van der Waals surface area contributed by atoms with E-state index in [9.17, 15) is 9.18 Å². The van der Waals surface area contributed by atoms with E-state index in [1.54, 1.807) is 49.6 Å². The van der Waals surface area contributed by atoms with Crippen LogP contribution in [0.3, 0.4) is 0 Å². The molecule has 0 atom stereocenters. The molecule has 0 amide bonds. The van der Waals surface area contributed by atoms with Gasteiger partial charge in [0, 0.05) is 9.86 Å². The summed E-state index contributed by atoms with van der Waals surface area (Å²) in [6.45, 7) is 0. The maximum Gasteiger partial charge on any atom is 0.259 e. The van der Waals surface area contributed by atoms with Crippen LogP contribution in [0.25, 0.3) is 22.0 Å². The lowest BCUT2D eigenvalue weighted by Crippen LogP contribution is -2.11. The topological polar surface area (TPSA) is 42.1 Å². The van der Waals surface area contributed by atoms with Crippen LogP contribution in [-0.2, 0) is 0 Å². The van der Waals surface area contributed by atoms with Crippen LogP contribution in [0.2, 0.25) is 0 Å². The highest BCUT2D eigenvalue weighted by Crippen LogP contribution is 2.27. The molecule has 0 aliphatic carbocycles. The molecule has 3 rings (SSSR count). The fraction of sp³-hybridized carbons (Fsp3) is 0.0625. The summed E-state index contributed by atoms with van der Waals surface area (Å²) >= 11 is 3.31. The molecule has 106 valence electrons. The van der Waals surface area contributed by atoms with E-state index in [4.69, 9.17) is 4.74 Å². The van der Waals surface area contributed by atoms with Gasteiger partial charge >= 0.3 is 0 Å². The Labute approximate surface area is 128 Å². The van der Waals surface area contributed by atoms with Crippen LogP contribution in [0.5, 0.6) is 5.75 Å². The summed E-state index contributed by atoms with van der Waals surface area (Å²) in [6, 6.07) is 11.8. The monoisotopic (exact) mass is 347 g/mol. The molecule has 0 radical (unpaired) electrons. The van der Waals surface area contributed by atoms with Crippen LogP contribution < -0.4 is 10.3 Å². The largest absolute Gasteiger partial charge is 0.497 e. The fourth-order valence-electron chi connectivity index (χ4n) is 2.24. The van der Waals surface area contributed by atoms with Crippen molar-refractivity contribution in [1.82, 2.24) is 4.98 Å². The Morgan fingerprint density at radius 3 is 2.52 bits per heavy atom. The first kappa shape index (κ1) is 13.8. The van der Waals surface area contributed by atoms with Gasteiger partial charge < -0.3 is 9.72 Å². The molecule has 1 aromatic heterocycles. The summed E-state index contributed by atoms with van der Waals surface area (Å²) < 4.78 is 20.5. The zero-order valence-corrected chi connectivity index (χ0v) is 12.7. The maximum absolute atomic E-state index is 14.7. The smallest absolute Gasteiger partial charge is 0.259 e. The lowest BCUT2D eigenvalue weighted by atomic mass is 10.0. The van der Waals surface area contributed by atoms with Crippen molar-refractivity contribution in [3.63, 3.8) is 0 Å². The van der Waals surface area contributed by atoms with Gasteiger partial charge in [0.1, 0.15) is 11.6 Å². The number of fused-ring (bicyclic) bond motifs is 1. The summed E-state index contributed by atoms with van der Waals surface area (Å²) in [5, 5.41) is 0.370. The number of H-pyrrole nitrogens is 1. The first-order valence-corrected chi connectivity index (χ1v) is 7.05. The number of nitrogens with one attached hydrogen (secondary N) is 1. The molecule has 0 unspecified atom stereocenters. The third-order valence-corrected chi connectivity index (χ3v) is 3.78. The molecule has 0 aliphatic rings. The van der Waals surface area contributed by atoms with E-state index in [2.05, 4.69) is 20.9 Å². The molecule has 1 N–H and O–H groups in total. The first-order chi connectivity index (χ1) is 10.1. The second-order valence-corrected chi connectivity index (χ2v) is 5.48. The van der Waals surface area contributed by atoms with Gasteiger partial charge in [0.05, 0.1) is 18.2 Å². The minimum Gasteiger partial charge on any atom is -0.497 e. The molecule has 5 heteroatoms. The van der Waals surface area contributed by atoms with Gasteiger partial charge in [-0.2, -0.15) is 0 Å². The zero-order chi connectivity index (χ0) is 15.0. The van der Waals surface area contributed by atoms with Gasteiger partial charge in [0.25, 0.3) is 5.56 Å². The van der Waals surface area contributed by atoms with Gasteiger partial charge in [-0.25, -0.2) is 4.39 Å². The average molecular weight is 348 g/mol. The number of aromatic amines is 1. The molecule has 2 aromatic carbocycles. The van der Waals surface area contributed by atoms with E-state index in [0.717, 1.165) is 4.47 Å². The molecule has 1 heterocycles. The van der Waals surface area contributed by atoms with Crippen LogP contribution in [0, 0.1) is 5.82 Å². The number of halogens is 2. The molecule has 0 saturated carbocycles. The Hall–Kier alpha value is -2.14. The highest BCUT2D eigenvalue weighted by molar-refractivity contribution is 9.10. The van der Waals surface area contributed by atoms with E-state index in [1.807, 2.05) is 0 Å². The Kier molecular flexibility index (Phi) is 3.51. The molecule has 0 fully saturated rings. The predicted molar refractivity (Wildman–Crippen MR) is 84.2 cm³/mol. The van der Waals surface area contributed by atoms with Crippen molar-refractivity contribution in [1.29, 1.82) is 0 Å². The number of benzene rings is 2. The Morgan fingerprint density at radius 1 is 1.14 bits per heavy atom. The summed E-state index contributed by atoms with van der Waals surface area (Å²) in [4.78, 5) is 14.9. The fourth-order valence-corrected chi connectivity index (χ4v) is 2.60. The van der Waals surface area contributed by atoms with Crippen LogP contribution in [-0.4, -0.2) is 12.1 Å². The van der Waals surface area contributed by atoms with E-state index >= 15 is 0 Å². The third-order valence-electron chi connectivity index (χ3n) is 3.29. The number of aromatic nitrogens is 1. The van der Waals surface area contributed by atoms with Crippen LogP contribution in [0.15, 0.2) is 51.7 Å². The van der Waals surface area contributed by atoms with Crippen LogP contribution >= 0.6 is 15.9 Å². The van der Waals surface area contributed by atoms with Crippen LogP contribution in [0.4, 0.5) is 4.39 Å². The van der Waals surface area contributed by atoms with Crippen molar-refractivity contribution < 1.29 is 9.13 Å². The summed E-state index contributed by atoms with van der Waals surface area (Å²) in [5.41, 5.74) is 0.560.